The molecule has 0 aliphatic rings. The number of hydrogen-bond acceptors (Lipinski definition) is 4. The zero-order valence-electron chi connectivity index (χ0n) is 9.73. The number of ether oxygens (including phenoxy) is 1. The van der Waals surface area contributed by atoms with Crippen LogP contribution in [-0.4, -0.2) is 19.1 Å². The standard InChI is InChI=1S/C11H14F2N2O3/c1-7(15-17-6-10(14)16)8-4-2-3-5-9(8)18-11(12)13/h2-5,7,11,15H,6H2,1H3,(H2,14,16). The zero-order chi connectivity index (χ0) is 13.5. The molecular weight excluding hydrogens is 246 g/mol. The van der Waals surface area contributed by atoms with Crippen molar-refractivity contribution in [3.05, 3.63) is 29.8 Å². The predicted molar refractivity (Wildman–Crippen MR) is 59.8 cm³/mol. The number of amides is 1. The Hall–Kier alpha value is -1.73. The lowest BCUT2D eigenvalue weighted by Crippen LogP contribution is -2.27. The number of nitrogens with two attached hydrogens (primary N) is 1. The van der Waals surface area contributed by atoms with Crippen molar-refractivity contribution in [2.24, 2.45) is 5.73 Å². The van der Waals surface area contributed by atoms with Crippen LogP contribution in [0, 0.1) is 0 Å². The summed E-state index contributed by atoms with van der Waals surface area (Å²) in [5.74, 6) is -0.581. The monoisotopic (exact) mass is 260 g/mol. The van der Waals surface area contributed by atoms with Crippen LogP contribution in [-0.2, 0) is 9.63 Å². The Bertz CT molecular complexity index is 402. The van der Waals surface area contributed by atoms with Crippen molar-refractivity contribution in [2.45, 2.75) is 19.6 Å². The number of hydrogen-bond donors (Lipinski definition) is 2. The van der Waals surface area contributed by atoms with Crippen molar-refractivity contribution in [2.75, 3.05) is 6.61 Å². The summed E-state index contributed by atoms with van der Waals surface area (Å²) in [5.41, 5.74) is 7.89. The Kier molecular flexibility index (Phi) is 5.47. The van der Waals surface area contributed by atoms with Crippen LogP contribution in [0.1, 0.15) is 18.5 Å². The third-order valence-corrected chi connectivity index (χ3v) is 2.08. The first kappa shape index (κ1) is 14.3. The number of nitrogens with one attached hydrogen (secondary N) is 1. The Labute approximate surface area is 103 Å². The third-order valence-electron chi connectivity index (χ3n) is 2.08. The molecule has 100 valence electrons. The van der Waals surface area contributed by atoms with Gasteiger partial charge in [-0.2, -0.15) is 14.3 Å². The van der Waals surface area contributed by atoms with Gasteiger partial charge in [0.2, 0.25) is 5.91 Å². The average molecular weight is 260 g/mol. The molecule has 18 heavy (non-hydrogen) atoms. The van der Waals surface area contributed by atoms with Gasteiger partial charge in [0.15, 0.2) is 0 Å². The molecule has 7 heteroatoms. The maximum Gasteiger partial charge on any atom is 0.387 e. The van der Waals surface area contributed by atoms with Crippen molar-refractivity contribution in [3.63, 3.8) is 0 Å². The summed E-state index contributed by atoms with van der Waals surface area (Å²) >= 11 is 0. The fourth-order valence-corrected chi connectivity index (χ4v) is 1.34. The summed E-state index contributed by atoms with van der Waals surface area (Å²) < 4.78 is 28.7. The maximum atomic E-state index is 12.2. The SMILES string of the molecule is CC(NOCC(N)=O)c1ccccc1OC(F)F. The molecule has 0 aliphatic heterocycles. The summed E-state index contributed by atoms with van der Waals surface area (Å²) in [6.45, 7) is -1.53. The van der Waals surface area contributed by atoms with Crippen LogP contribution in [0.15, 0.2) is 24.3 Å². The van der Waals surface area contributed by atoms with Gasteiger partial charge in [-0.15, -0.1) is 0 Å². The Balaban J connectivity index is 2.66. The van der Waals surface area contributed by atoms with Gasteiger partial charge in [-0.05, 0) is 13.0 Å². The van der Waals surface area contributed by atoms with E-state index >= 15 is 0 Å². The van der Waals surface area contributed by atoms with Gasteiger partial charge in [0.1, 0.15) is 12.4 Å². The number of benzene rings is 1. The molecular formula is C11H14F2N2O3. The highest BCUT2D eigenvalue weighted by Gasteiger charge is 2.14. The van der Waals surface area contributed by atoms with E-state index in [4.69, 9.17) is 10.6 Å². The van der Waals surface area contributed by atoms with E-state index in [1.54, 1.807) is 25.1 Å². The summed E-state index contributed by atoms with van der Waals surface area (Å²) in [6, 6.07) is 5.87. The van der Waals surface area contributed by atoms with Gasteiger partial charge in [-0.25, -0.2) is 0 Å². The van der Waals surface area contributed by atoms with E-state index in [-0.39, 0.29) is 12.4 Å². The smallest absolute Gasteiger partial charge is 0.387 e. The molecule has 0 fully saturated rings. The van der Waals surface area contributed by atoms with Gasteiger partial charge in [-0.3, -0.25) is 9.63 Å². The topological polar surface area (TPSA) is 73.6 Å². The number of rotatable bonds is 7. The molecule has 5 nitrogen and oxygen atoms in total. The molecule has 1 aromatic rings. The molecule has 0 spiro atoms. The molecule has 1 aromatic carbocycles. The van der Waals surface area contributed by atoms with E-state index < -0.39 is 18.6 Å². The molecule has 1 atom stereocenters. The molecule has 0 heterocycles. The molecule has 1 amide bonds. The molecule has 0 bridgehead atoms. The lowest BCUT2D eigenvalue weighted by atomic mass is 10.1. The first-order valence-electron chi connectivity index (χ1n) is 5.20. The minimum atomic E-state index is -2.90. The molecule has 0 radical (unpaired) electrons. The second-order valence-electron chi connectivity index (χ2n) is 3.51. The zero-order valence-corrected chi connectivity index (χ0v) is 9.73. The predicted octanol–water partition coefficient (Wildman–Crippen LogP) is 1.36. The summed E-state index contributed by atoms with van der Waals surface area (Å²) in [4.78, 5) is 15.3. The molecule has 0 aromatic heterocycles. The van der Waals surface area contributed by atoms with E-state index in [1.807, 2.05) is 0 Å². The number of alkyl halides is 2. The number of carbonyl (C=O) groups excluding carboxylic acids is 1. The second kappa shape index (κ2) is 6.87. The Morgan fingerprint density at radius 3 is 2.72 bits per heavy atom. The fraction of sp³-hybridized carbons (Fsp3) is 0.364. The molecule has 1 unspecified atom stereocenters. The first-order chi connectivity index (χ1) is 8.50. The number of halogens is 2. The maximum absolute atomic E-state index is 12.2. The second-order valence-corrected chi connectivity index (χ2v) is 3.51. The van der Waals surface area contributed by atoms with Crippen molar-refractivity contribution >= 4 is 5.91 Å². The first-order valence-corrected chi connectivity index (χ1v) is 5.20. The third kappa shape index (κ3) is 4.64. The number of primary amides is 1. The minimum absolute atomic E-state index is 0.0511. The molecule has 0 saturated heterocycles. The highest BCUT2D eigenvalue weighted by molar-refractivity contribution is 5.74. The van der Waals surface area contributed by atoms with Crippen LogP contribution in [0.5, 0.6) is 5.75 Å². The molecule has 0 aliphatic carbocycles. The minimum Gasteiger partial charge on any atom is -0.434 e. The van der Waals surface area contributed by atoms with Gasteiger partial charge >= 0.3 is 6.61 Å². The van der Waals surface area contributed by atoms with Crippen LogP contribution in [0.3, 0.4) is 0 Å². The summed E-state index contributed by atoms with van der Waals surface area (Å²) in [7, 11) is 0. The van der Waals surface area contributed by atoms with E-state index in [1.165, 1.54) is 6.07 Å². The Morgan fingerprint density at radius 2 is 2.11 bits per heavy atom. The fourth-order valence-electron chi connectivity index (χ4n) is 1.34. The van der Waals surface area contributed by atoms with Crippen LogP contribution in [0.4, 0.5) is 8.78 Å². The number of hydroxylamine groups is 1. The normalized spacial score (nSPS) is 12.4. The molecule has 3 N–H and O–H groups in total. The largest absolute Gasteiger partial charge is 0.434 e. The van der Waals surface area contributed by atoms with Crippen molar-refractivity contribution in [3.8, 4) is 5.75 Å². The number of carbonyl (C=O) groups is 1. The highest BCUT2D eigenvalue weighted by atomic mass is 19.3. The number of para-hydroxylation sites is 1. The van der Waals surface area contributed by atoms with E-state index in [2.05, 4.69) is 10.2 Å². The van der Waals surface area contributed by atoms with Crippen molar-refractivity contribution < 1.29 is 23.1 Å². The summed E-state index contributed by atoms with van der Waals surface area (Å²) in [5, 5.41) is 0. The van der Waals surface area contributed by atoms with E-state index in [0.29, 0.717) is 5.56 Å². The van der Waals surface area contributed by atoms with Crippen molar-refractivity contribution in [1.82, 2.24) is 5.48 Å². The lowest BCUT2D eigenvalue weighted by Gasteiger charge is -2.17. The van der Waals surface area contributed by atoms with Gasteiger partial charge in [0.25, 0.3) is 0 Å². The highest BCUT2D eigenvalue weighted by Crippen LogP contribution is 2.26. The summed E-state index contributed by atoms with van der Waals surface area (Å²) in [6.07, 6.45) is 0. The van der Waals surface area contributed by atoms with Crippen LogP contribution < -0.4 is 16.0 Å². The van der Waals surface area contributed by atoms with Crippen molar-refractivity contribution in [1.29, 1.82) is 0 Å². The Morgan fingerprint density at radius 1 is 1.44 bits per heavy atom. The quantitative estimate of drug-likeness (QED) is 0.726. The van der Waals surface area contributed by atoms with Gasteiger partial charge < -0.3 is 10.5 Å². The van der Waals surface area contributed by atoms with Gasteiger partial charge in [0, 0.05) is 5.56 Å². The lowest BCUT2D eigenvalue weighted by molar-refractivity contribution is -0.126. The average Bonchev–Trinajstić information content (AvgIpc) is 2.28. The van der Waals surface area contributed by atoms with Gasteiger partial charge in [-0.1, -0.05) is 18.2 Å². The van der Waals surface area contributed by atoms with E-state index in [0.717, 1.165) is 0 Å². The molecule has 0 saturated carbocycles. The van der Waals surface area contributed by atoms with Crippen LogP contribution in [0.2, 0.25) is 0 Å². The van der Waals surface area contributed by atoms with Gasteiger partial charge in [0.05, 0.1) is 6.04 Å². The molecule has 1 rings (SSSR count). The van der Waals surface area contributed by atoms with Crippen LogP contribution in [0.25, 0.3) is 0 Å². The van der Waals surface area contributed by atoms with E-state index in [9.17, 15) is 13.6 Å². The van der Waals surface area contributed by atoms with Crippen LogP contribution >= 0.6 is 0 Å².